The lowest BCUT2D eigenvalue weighted by molar-refractivity contribution is 0.415. The maximum atomic E-state index is 5.36. The van der Waals surface area contributed by atoms with E-state index in [2.05, 4.69) is 84.9 Å². The van der Waals surface area contributed by atoms with E-state index in [4.69, 9.17) is 9.47 Å². The zero-order chi connectivity index (χ0) is 20.5. The highest BCUT2D eigenvalue weighted by atomic mass is 16.5. The van der Waals surface area contributed by atoms with Crippen LogP contribution in [0.25, 0.3) is 43.8 Å². The van der Waals surface area contributed by atoms with Crippen molar-refractivity contribution in [3.8, 4) is 33.8 Å². The van der Waals surface area contributed by atoms with Gasteiger partial charge >= 0.3 is 0 Å². The van der Waals surface area contributed by atoms with E-state index in [1.807, 2.05) is 12.1 Å². The van der Waals surface area contributed by atoms with E-state index in [0.717, 1.165) is 11.5 Å². The highest BCUT2D eigenvalue weighted by Crippen LogP contribution is 2.35. The first kappa shape index (κ1) is 18.3. The number of fused-ring (bicyclic) bond motifs is 2. The molecule has 2 heteroatoms. The van der Waals surface area contributed by atoms with Gasteiger partial charge in [-0.3, -0.25) is 0 Å². The molecule has 0 radical (unpaired) electrons. The molecule has 5 rings (SSSR count). The van der Waals surface area contributed by atoms with Gasteiger partial charge in [-0.1, -0.05) is 60.7 Å². The summed E-state index contributed by atoms with van der Waals surface area (Å²) in [7, 11) is 3.40. The molecule has 0 aliphatic heterocycles. The van der Waals surface area contributed by atoms with E-state index in [-0.39, 0.29) is 0 Å². The molecule has 2 nitrogen and oxygen atoms in total. The Balaban J connectivity index is 1.62. The van der Waals surface area contributed by atoms with Crippen LogP contribution in [0.1, 0.15) is 0 Å². The van der Waals surface area contributed by atoms with Crippen LogP contribution in [-0.2, 0) is 0 Å². The van der Waals surface area contributed by atoms with Gasteiger partial charge in [0.15, 0.2) is 0 Å². The second-order valence-electron chi connectivity index (χ2n) is 7.40. The molecule has 0 amide bonds. The van der Waals surface area contributed by atoms with Gasteiger partial charge in [0, 0.05) is 0 Å². The molecule has 0 aliphatic carbocycles. The van der Waals surface area contributed by atoms with E-state index < -0.39 is 0 Å². The third-order valence-corrected chi connectivity index (χ3v) is 5.64. The summed E-state index contributed by atoms with van der Waals surface area (Å²) in [5.74, 6) is 1.76. The molecule has 5 aromatic rings. The molecule has 0 saturated carbocycles. The highest BCUT2D eigenvalue weighted by Gasteiger charge is 2.09. The molecule has 5 aromatic carbocycles. The lowest BCUT2D eigenvalue weighted by Crippen LogP contribution is -1.87. The van der Waals surface area contributed by atoms with Crippen LogP contribution < -0.4 is 9.47 Å². The second kappa shape index (κ2) is 7.57. The predicted octanol–water partition coefficient (Wildman–Crippen LogP) is 7.34. The number of benzene rings is 5. The first-order valence-electron chi connectivity index (χ1n) is 10.0. The van der Waals surface area contributed by atoms with Crippen LogP contribution in [0.2, 0.25) is 0 Å². The molecule has 0 N–H and O–H groups in total. The summed E-state index contributed by atoms with van der Waals surface area (Å²) in [6, 6.07) is 34.2. The molecule has 0 bridgehead atoms. The third kappa shape index (κ3) is 3.27. The Bertz CT molecular complexity index is 1260. The van der Waals surface area contributed by atoms with Crippen molar-refractivity contribution in [2.24, 2.45) is 0 Å². The van der Waals surface area contributed by atoms with Crippen LogP contribution in [0, 0.1) is 0 Å². The minimum absolute atomic E-state index is 0.878. The summed E-state index contributed by atoms with van der Waals surface area (Å²) < 4.78 is 10.7. The van der Waals surface area contributed by atoms with E-state index in [0.29, 0.717) is 0 Å². The van der Waals surface area contributed by atoms with Crippen LogP contribution in [0.5, 0.6) is 11.5 Å². The first-order chi connectivity index (χ1) is 14.7. The molecule has 0 aliphatic rings. The Morgan fingerprint density at radius 2 is 0.833 bits per heavy atom. The van der Waals surface area contributed by atoms with E-state index >= 15 is 0 Å². The van der Waals surface area contributed by atoms with Gasteiger partial charge in [0.05, 0.1) is 14.2 Å². The van der Waals surface area contributed by atoms with Crippen LogP contribution in [0.15, 0.2) is 97.1 Å². The van der Waals surface area contributed by atoms with Crippen molar-refractivity contribution in [3.63, 3.8) is 0 Å². The SMILES string of the molecule is COc1ccc2cc(-c3ccccc3-c3ccc4cc(OC)ccc4c3)ccc2c1. The maximum Gasteiger partial charge on any atom is 0.119 e. The number of hydrogen-bond acceptors (Lipinski definition) is 2. The quantitative estimate of drug-likeness (QED) is 0.319. The monoisotopic (exact) mass is 390 g/mol. The largest absolute Gasteiger partial charge is 0.497 e. The fourth-order valence-corrected chi connectivity index (χ4v) is 4.02. The van der Waals surface area contributed by atoms with Crippen molar-refractivity contribution in [1.82, 2.24) is 0 Å². The van der Waals surface area contributed by atoms with Gasteiger partial charge < -0.3 is 9.47 Å². The highest BCUT2D eigenvalue weighted by molar-refractivity contribution is 5.94. The third-order valence-electron chi connectivity index (χ3n) is 5.64. The van der Waals surface area contributed by atoms with E-state index in [1.165, 1.54) is 43.8 Å². The zero-order valence-electron chi connectivity index (χ0n) is 17.1. The van der Waals surface area contributed by atoms with Crippen LogP contribution in [0.3, 0.4) is 0 Å². The fourth-order valence-electron chi connectivity index (χ4n) is 4.02. The van der Waals surface area contributed by atoms with Gasteiger partial charge in [0.1, 0.15) is 11.5 Å². The standard InChI is InChI=1S/C28H22O2/c1-29-25-13-11-19-15-23(9-7-21(19)17-25)27-5-3-4-6-28(27)24-10-8-22-18-26(30-2)14-12-20(22)16-24/h3-18H,1-2H3. The number of methoxy groups -OCH3 is 2. The molecule has 0 fully saturated rings. The molecule has 0 aromatic heterocycles. The molecular formula is C28H22O2. The van der Waals surface area contributed by atoms with Gasteiger partial charge in [-0.05, 0) is 80.2 Å². The van der Waals surface area contributed by atoms with Crippen molar-refractivity contribution in [1.29, 1.82) is 0 Å². The Morgan fingerprint density at radius 1 is 0.433 bits per heavy atom. The van der Waals surface area contributed by atoms with Gasteiger partial charge in [0.25, 0.3) is 0 Å². The lowest BCUT2D eigenvalue weighted by Gasteiger charge is -2.12. The number of ether oxygens (including phenoxy) is 2. The van der Waals surface area contributed by atoms with Crippen molar-refractivity contribution in [2.75, 3.05) is 14.2 Å². The smallest absolute Gasteiger partial charge is 0.119 e. The van der Waals surface area contributed by atoms with Crippen LogP contribution >= 0.6 is 0 Å². The molecule has 0 spiro atoms. The Kier molecular flexibility index (Phi) is 4.61. The maximum absolute atomic E-state index is 5.36. The molecule has 30 heavy (non-hydrogen) atoms. The molecule has 0 saturated heterocycles. The van der Waals surface area contributed by atoms with Crippen LogP contribution in [0.4, 0.5) is 0 Å². The second-order valence-corrected chi connectivity index (χ2v) is 7.40. The molecule has 0 unspecified atom stereocenters. The summed E-state index contributed by atoms with van der Waals surface area (Å²) >= 11 is 0. The zero-order valence-corrected chi connectivity index (χ0v) is 17.1. The Labute approximate surface area is 176 Å². The van der Waals surface area contributed by atoms with E-state index in [9.17, 15) is 0 Å². The topological polar surface area (TPSA) is 18.5 Å². The van der Waals surface area contributed by atoms with Gasteiger partial charge in [-0.25, -0.2) is 0 Å². The molecule has 146 valence electrons. The van der Waals surface area contributed by atoms with Crippen molar-refractivity contribution in [3.05, 3.63) is 97.1 Å². The summed E-state index contributed by atoms with van der Waals surface area (Å²) in [5.41, 5.74) is 4.86. The Morgan fingerprint density at radius 3 is 1.27 bits per heavy atom. The molecule has 0 heterocycles. The van der Waals surface area contributed by atoms with Crippen molar-refractivity contribution >= 4 is 21.5 Å². The van der Waals surface area contributed by atoms with Crippen molar-refractivity contribution in [2.45, 2.75) is 0 Å². The van der Waals surface area contributed by atoms with Gasteiger partial charge in [-0.15, -0.1) is 0 Å². The Hall–Kier alpha value is -3.78. The summed E-state index contributed by atoms with van der Waals surface area (Å²) in [5, 5.41) is 4.76. The average molecular weight is 390 g/mol. The van der Waals surface area contributed by atoms with E-state index in [1.54, 1.807) is 14.2 Å². The normalized spacial score (nSPS) is 11.0. The van der Waals surface area contributed by atoms with Gasteiger partial charge in [-0.2, -0.15) is 0 Å². The minimum atomic E-state index is 0.878. The minimum Gasteiger partial charge on any atom is -0.497 e. The predicted molar refractivity (Wildman–Crippen MR) is 125 cm³/mol. The molecule has 0 atom stereocenters. The first-order valence-corrected chi connectivity index (χ1v) is 10.0. The van der Waals surface area contributed by atoms with Gasteiger partial charge in [0.2, 0.25) is 0 Å². The summed E-state index contributed by atoms with van der Waals surface area (Å²) in [4.78, 5) is 0. The fraction of sp³-hybridized carbons (Fsp3) is 0.0714. The number of hydrogen-bond donors (Lipinski definition) is 0. The summed E-state index contributed by atoms with van der Waals surface area (Å²) in [6.07, 6.45) is 0. The van der Waals surface area contributed by atoms with Crippen LogP contribution in [-0.4, -0.2) is 14.2 Å². The lowest BCUT2D eigenvalue weighted by atomic mass is 9.92. The average Bonchev–Trinajstić information content (AvgIpc) is 2.82. The molecular weight excluding hydrogens is 368 g/mol. The number of rotatable bonds is 4. The van der Waals surface area contributed by atoms with Crippen molar-refractivity contribution < 1.29 is 9.47 Å². The summed E-state index contributed by atoms with van der Waals surface area (Å²) in [6.45, 7) is 0.